The maximum absolute atomic E-state index is 13.2. The van der Waals surface area contributed by atoms with Gasteiger partial charge in [-0.1, -0.05) is 18.2 Å². The average molecular weight is 415 g/mol. The van der Waals surface area contributed by atoms with E-state index in [1.54, 1.807) is 17.8 Å². The number of aryl methyl sites for hydroxylation is 2. The second-order valence-corrected chi connectivity index (χ2v) is 8.28. The molecule has 1 saturated heterocycles. The maximum Gasteiger partial charge on any atom is 0.259 e. The van der Waals surface area contributed by atoms with Crippen LogP contribution in [0.15, 0.2) is 46.3 Å². The highest BCUT2D eigenvalue weighted by molar-refractivity contribution is 5.90. The van der Waals surface area contributed by atoms with Gasteiger partial charge in [0.2, 0.25) is 5.95 Å². The number of hydrogen-bond acceptors (Lipinski definition) is 6. The molecule has 0 atom stereocenters. The van der Waals surface area contributed by atoms with Crippen LogP contribution < -0.4 is 10.9 Å². The molecule has 0 spiro atoms. The minimum Gasteiger partial charge on any atom is -0.377 e. The SMILES string of the molecule is CC1=NC(c2ccc(-c3cc4cnc(NC5COC5)nc4n(C)c3=O)c(C)c2)=CCC1. The van der Waals surface area contributed by atoms with Crippen LogP contribution in [0.4, 0.5) is 5.95 Å². The molecule has 4 heterocycles. The fraction of sp³-hybridized carbons (Fsp3) is 0.333. The van der Waals surface area contributed by atoms with Crippen molar-refractivity contribution in [3.63, 3.8) is 0 Å². The minimum absolute atomic E-state index is 0.0780. The fourth-order valence-corrected chi connectivity index (χ4v) is 4.04. The summed E-state index contributed by atoms with van der Waals surface area (Å²) < 4.78 is 6.78. The Balaban J connectivity index is 1.54. The molecule has 2 aromatic heterocycles. The van der Waals surface area contributed by atoms with Gasteiger partial charge in [0.15, 0.2) is 0 Å². The maximum atomic E-state index is 13.2. The summed E-state index contributed by atoms with van der Waals surface area (Å²) in [7, 11) is 1.76. The smallest absolute Gasteiger partial charge is 0.259 e. The van der Waals surface area contributed by atoms with Gasteiger partial charge >= 0.3 is 0 Å². The second-order valence-electron chi connectivity index (χ2n) is 8.28. The van der Waals surface area contributed by atoms with Crippen LogP contribution in [-0.4, -0.2) is 39.5 Å². The molecule has 7 heteroatoms. The summed E-state index contributed by atoms with van der Waals surface area (Å²) in [4.78, 5) is 26.9. The van der Waals surface area contributed by atoms with Gasteiger partial charge in [-0.15, -0.1) is 0 Å². The van der Waals surface area contributed by atoms with E-state index in [9.17, 15) is 4.79 Å². The Labute approximate surface area is 180 Å². The lowest BCUT2D eigenvalue weighted by atomic mass is 9.96. The van der Waals surface area contributed by atoms with Crippen molar-refractivity contribution in [3.8, 4) is 11.1 Å². The molecule has 31 heavy (non-hydrogen) atoms. The first-order valence-corrected chi connectivity index (χ1v) is 10.6. The van der Waals surface area contributed by atoms with Crippen LogP contribution in [0, 0.1) is 6.92 Å². The molecular weight excluding hydrogens is 390 g/mol. The first kappa shape index (κ1) is 19.6. The Morgan fingerprint density at radius 3 is 2.71 bits per heavy atom. The highest BCUT2D eigenvalue weighted by atomic mass is 16.5. The first-order chi connectivity index (χ1) is 15.0. The van der Waals surface area contributed by atoms with Crippen molar-refractivity contribution in [1.82, 2.24) is 14.5 Å². The highest BCUT2D eigenvalue weighted by Crippen LogP contribution is 2.28. The van der Waals surface area contributed by atoms with Gasteiger partial charge in [0.25, 0.3) is 5.56 Å². The van der Waals surface area contributed by atoms with E-state index < -0.39 is 0 Å². The lowest BCUT2D eigenvalue weighted by Gasteiger charge is -2.26. The number of fused-ring (bicyclic) bond motifs is 1. The number of anilines is 1. The number of nitrogens with zero attached hydrogens (tertiary/aromatic N) is 4. The van der Waals surface area contributed by atoms with Gasteiger partial charge in [-0.05, 0) is 49.9 Å². The molecule has 158 valence electrons. The van der Waals surface area contributed by atoms with E-state index in [4.69, 9.17) is 4.74 Å². The van der Waals surface area contributed by atoms with Crippen LogP contribution in [0.2, 0.25) is 0 Å². The van der Waals surface area contributed by atoms with Crippen LogP contribution >= 0.6 is 0 Å². The number of aliphatic imine (C=N–C) groups is 1. The van der Waals surface area contributed by atoms with E-state index in [-0.39, 0.29) is 11.6 Å². The van der Waals surface area contributed by atoms with Gasteiger partial charge in [0.1, 0.15) is 5.65 Å². The molecule has 7 nitrogen and oxygen atoms in total. The molecule has 2 aliphatic rings. The van der Waals surface area contributed by atoms with Crippen molar-refractivity contribution < 1.29 is 4.74 Å². The molecule has 0 saturated carbocycles. The quantitative estimate of drug-likeness (QED) is 0.703. The van der Waals surface area contributed by atoms with Gasteiger partial charge in [-0.2, -0.15) is 4.98 Å². The Kier molecular flexibility index (Phi) is 4.90. The van der Waals surface area contributed by atoms with Crippen molar-refractivity contribution >= 4 is 28.4 Å². The predicted octanol–water partition coefficient (Wildman–Crippen LogP) is 3.71. The van der Waals surface area contributed by atoms with Crippen molar-refractivity contribution in [2.24, 2.45) is 12.0 Å². The average Bonchev–Trinajstić information content (AvgIpc) is 2.74. The van der Waals surface area contributed by atoms with Crippen molar-refractivity contribution in [3.05, 3.63) is 58.0 Å². The fourth-order valence-electron chi connectivity index (χ4n) is 4.04. The summed E-state index contributed by atoms with van der Waals surface area (Å²) in [6.07, 6.45) is 5.97. The van der Waals surface area contributed by atoms with Crippen LogP contribution in [0.5, 0.6) is 0 Å². The lowest BCUT2D eigenvalue weighted by Crippen LogP contribution is -2.40. The third kappa shape index (κ3) is 3.65. The monoisotopic (exact) mass is 415 g/mol. The summed E-state index contributed by atoms with van der Waals surface area (Å²) in [5.74, 6) is 0.515. The summed E-state index contributed by atoms with van der Waals surface area (Å²) >= 11 is 0. The molecule has 0 unspecified atom stereocenters. The molecule has 3 aromatic rings. The van der Waals surface area contributed by atoms with Crippen LogP contribution in [0.25, 0.3) is 27.9 Å². The predicted molar refractivity (Wildman–Crippen MR) is 124 cm³/mol. The standard InChI is InChI=1S/C24H25N5O2/c1-14-9-16(21-6-4-5-15(2)26-21)7-8-19(14)20-10-17-11-25-24(27-18-12-31-13-18)28-22(17)29(3)23(20)30/h6-11,18H,4-5,12-13H2,1-3H3,(H,25,27,28). The lowest BCUT2D eigenvalue weighted by molar-refractivity contribution is 0.0208. The van der Waals surface area contributed by atoms with Crippen molar-refractivity contribution in [2.75, 3.05) is 18.5 Å². The van der Waals surface area contributed by atoms with Crippen LogP contribution in [0.3, 0.4) is 0 Å². The van der Waals surface area contributed by atoms with E-state index in [1.807, 2.05) is 25.1 Å². The Bertz CT molecular complexity index is 1300. The van der Waals surface area contributed by atoms with Crippen molar-refractivity contribution in [2.45, 2.75) is 32.7 Å². The minimum atomic E-state index is -0.0780. The largest absolute Gasteiger partial charge is 0.377 e. The van der Waals surface area contributed by atoms with E-state index in [1.165, 1.54) is 0 Å². The van der Waals surface area contributed by atoms with Gasteiger partial charge in [0.05, 0.1) is 25.0 Å². The third-order valence-corrected chi connectivity index (χ3v) is 5.89. The summed E-state index contributed by atoms with van der Waals surface area (Å²) in [6.45, 7) is 5.40. The molecule has 0 aliphatic carbocycles. The van der Waals surface area contributed by atoms with Gasteiger partial charge in [-0.3, -0.25) is 14.4 Å². The molecule has 2 aliphatic heterocycles. The first-order valence-electron chi connectivity index (χ1n) is 10.6. The second kappa shape index (κ2) is 7.74. The number of aromatic nitrogens is 3. The highest BCUT2D eigenvalue weighted by Gasteiger charge is 2.20. The molecular formula is C24H25N5O2. The molecule has 1 aromatic carbocycles. The zero-order valence-electron chi connectivity index (χ0n) is 18.0. The topological polar surface area (TPSA) is 81.4 Å². The van der Waals surface area contributed by atoms with Crippen LogP contribution in [-0.2, 0) is 11.8 Å². The summed E-state index contributed by atoms with van der Waals surface area (Å²) in [6, 6.07) is 8.28. The normalized spacial score (nSPS) is 16.6. The molecule has 5 rings (SSSR count). The summed E-state index contributed by atoms with van der Waals surface area (Å²) in [5, 5.41) is 4.06. The number of ether oxygens (including phenoxy) is 1. The molecule has 0 amide bonds. The number of hydrogen-bond donors (Lipinski definition) is 1. The third-order valence-electron chi connectivity index (χ3n) is 5.89. The zero-order chi connectivity index (χ0) is 21.5. The molecule has 0 radical (unpaired) electrons. The Hall–Kier alpha value is -3.32. The number of rotatable bonds is 4. The number of pyridine rings is 1. The van der Waals surface area contributed by atoms with E-state index in [2.05, 4.69) is 39.3 Å². The van der Waals surface area contributed by atoms with E-state index in [0.717, 1.165) is 46.3 Å². The summed E-state index contributed by atoms with van der Waals surface area (Å²) in [5.41, 5.74) is 6.37. The number of benzene rings is 1. The van der Waals surface area contributed by atoms with Gasteiger partial charge in [-0.25, -0.2) is 4.98 Å². The number of nitrogens with one attached hydrogen (secondary N) is 1. The van der Waals surface area contributed by atoms with Crippen LogP contribution in [0.1, 0.15) is 30.9 Å². The van der Waals surface area contributed by atoms with E-state index >= 15 is 0 Å². The van der Waals surface area contributed by atoms with E-state index in [0.29, 0.717) is 30.4 Å². The molecule has 1 N–H and O–H groups in total. The van der Waals surface area contributed by atoms with Crippen molar-refractivity contribution in [1.29, 1.82) is 0 Å². The molecule has 1 fully saturated rings. The Morgan fingerprint density at radius 1 is 1.16 bits per heavy atom. The zero-order valence-corrected chi connectivity index (χ0v) is 18.0. The van der Waals surface area contributed by atoms with Gasteiger partial charge < -0.3 is 10.1 Å². The Morgan fingerprint density at radius 2 is 2.00 bits per heavy atom. The number of allylic oxidation sites excluding steroid dienone is 1. The van der Waals surface area contributed by atoms with Gasteiger partial charge in [0, 0.05) is 35.5 Å². The molecule has 0 bridgehead atoms.